The molecule has 0 saturated heterocycles. The monoisotopic (exact) mass is 193 g/mol. The Labute approximate surface area is 74.9 Å². The van der Waals surface area contributed by atoms with Crippen molar-refractivity contribution in [3.63, 3.8) is 0 Å². The highest BCUT2D eigenvalue weighted by Gasteiger charge is 2.06. The van der Waals surface area contributed by atoms with Crippen LogP contribution in [0.1, 0.15) is 0 Å². The van der Waals surface area contributed by atoms with Gasteiger partial charge in [-0.15, -0.1) is 0 Å². The van der Waals surface area contributed by atoms with Gasteiger partial charge in [-0.2, -0.15) is 5.10 Å². The van der Waals surface area contributed by atoms with Gasteiger partial charge in [0, 0.05) is 0 Å². The number of hydrogen-bond donors (Lipinski definition) is 1. The molecular weight excluding hydrogens is 190 g/mol. The highest BCUT2D eigenvalue weighted by Crippen LogP contribution is 2.15. The van der Waals surface area contributed by atoms with Crippen molar-refractivity contribution >= 4 is 27.3 Å². The van der Waals surface area contributed by atoms with Crippen LogP contribution < -0.4 is 4.87 Å². The second-order valence-corrected chi connectivity index (χ2v) is 3.45. The highest BCUT2D eigenvalue weighted by atomic mass is 32.1. The molecule has 64 valence electrons. The summed E-state index contributed by atoms with van der Waals surface area (Å²) in [4.78, 5) is 21.5. The topological polar surface area (TPSA) is 75.9 Å². The molecule has 0 spiro atoms. The molecule has 3 heterocycles. The van der Waals surface area contributed by atoms with Gasteiger partial charge in [-0.25, -0.2) is 14.5 Å². The van der Waals surface area contributed by atoms with Crippen molar-refractivity contribution in [1.82, 2.24) is 24.6 Å². The second kappa shape index (κ2) is 2.13. The van der Waals surface area contributed by atoms with E-state index in [1.807, 2.05) is 0 Å². The number of fused-ring (bicyclic) bond motifs is 3. The van der Waals surface area contributed by atoms with Crippen molar-refractivity contribution in [1.29, 1.82) is 0 Å². The molecule has 0 aliphatic carbocycles. The summed E-state index contributed by atoms with van der Waals surface area (Å²) in [5.41, 5.74) is 1.23. The molecule has 0 fully saturated rings. The minimum absolute atomic E-state index is 0.126. The maximum absolute atomic E-state index is 11.0. The summed E-state index contributed by atoms with van der Waals surface area (Å²) in [6.45, 7) is 0. The van der Waals surface area contributed by atoms with Gasteiger partial charge in [-0.1, -0.05) is 11.3 Å². The zero-order valence-corrected chi connectivity index (χ0v) is 7.08. The van der Waals surface area contributed by atoms with E-state index in [0.29, 0.717) is 11.3 Å². The summed E-state index contributed by atoms with van der Waals surface area (Å²) in [6.07, 6.45) is 2.95. The minimum Gasteiger partial charge on any atom is -0.297 e. The molecule has 0 atom stereocenters. The van der Waals surface area contributed by atoms with Crippen molar-refractivity contribution in [3.8, 4) is 0 Å². The third kappa shape index (κ3) is 0.813. The Bertz CT molecular complexity index is 635. The molecule has 0 saturated carbocycles. The molecule has 7 heteroatoms. The van der Waals surface area contributed by atoms with Gasteiger partial charge >= 0.3 is 4.87 Å². The van der Waals surface area contributed by atoms with Gasteiger partial charge in [-0.3, -0.25) is 9.78 Å². The number of thiazole rings is 1. The lowest BCUT2D eigenvalue weighted by molar-refractivity contribution is 0.932. The summed E-state index contributed by atoms with van der Waals surface area (Å²) in [7, 11) is 0. The van der Waals surface area contributed by atoms with Crippen LogP contribution in [0.25, 0.3) is 16.0 Å². The molecule has 1 N–H and O–H groups in total. The zero-order valence-electron chi connectivity index (χ0n) is 6.26. The zero-order chi connectivity index (χ0) is 8.84. The molecule has 0 bridgehead atoms. The number of hydrogen-bond acceptors (Lipinski definition) is 5. The van der Waals surface area contributed by atoms with Crippen molar-refractivity contribution in [2.45, 2.75) is 0 Å². The van der Waals surface area contributed by atoms with Crippen LogP contribution in [0.2, 0.25) is 0 Å². The third-order valence-corrected chi connectivity index (χ3v) is 2.57. The Kier molecular flexibility index (Phi) is 1.10. The first-order chi connectivity index (χ1) is 6.34. The lowest BCUT2D eigenvalue weighted by Gasteiger charge is -1.89. The number of H-pyrrole nitrogens is 1. The largest absolute Gasteiger partial charge is 0.306 e. The van der Waals surface area contributed by atoms with Gasteiger partial charge in [0.15, 0.2) is 11.3 Å². The van der Waals surface area contributed by atoms with E-state index in [9.17, 15) is 4.79 Å². The smallest absolute Gasteiger partial charge is 0.297 e. The fourth-order valence-corrected chi connectivity index (χ4v) is 1.94. The van der Waals surface area contributed by atoms with E-state index in [-0.39, 0.29) is 4.87 Å². The van der Waals surface area contributed by atoms with Gasteiger partial charge in [0.1, 0.15) is 17.4 Å². The van der Waals surface area contributed by atoms with Crippen LogP contribution in [-0.2, 0) is 0 Å². The minimum atomic E-state index is -0.126. The average Bonchev–Trinajstić information content (AvgIpc) is 2.65. The first-order valence-electron chi connectivity index (χ1n) is 3.52. The maximum Gasteiger partial charge on any atom is 0.306 e. The van der Waals surface area contributed by atoms with Gasteiger partial charge < -0.3 is 0 Å². The SMILES string of the molecule is O=c1[nH]c2ncn3ncnc3c2s1. The van der Waals surface area contributed by atoms with Crippen LogP contribution in [0, 0.1) is 0 Å². The molecule has 13 heavy (non-hydrogen) atoms. The number of aromatic nitrogens is 5. The summed E-state index contributed by atoms with van der Waals surface area (Å²) >= 11 is 1.09. The molecule has 0 aliphatic rings. The van der Waals surface area contributed by atoms with Crippen LogP contribution >= 0.6 is 11.3 Å². The van der Waals surface area contributed by atoms with E-state index in [2.05, 4.69) is 20.1 Å². The lowest BCUT2D eigenvalue weighted by atomic mass is 10.6. The van der Waals surface area contributed by atoms with Gasteiger partial charge in [0.05, 0.1) is 0 Å². The normalized spacial score (nSPS) is 11.4. The molecule has 0 aromatic carbocycles. The van der Waals surface area contributed by atoms with Crippen LogP contribution in [0.4, 0.5) is 0 Å². The molecule has 0 aliphatic heterocycles. The van der Waals surface area contributed by atoms with Crippen molar-refractivity contribution in [3.05, 3.63) is 22.3 Å². The summed E-state index contributed by atoms with van der Waals surface area (Å²) in [5.74, 6) is 0. The Hall–Kier alpha value is -1.76. The molecule has 6 nitrogen and oxygen atoms in total. The van der Waals surface area contributed by atoms with Crippen LogP contribution in [0.5, 0.6) is 0 Å². The Morgan fingerprint density at radius 2 is 2.38 bits per heavy atom. The van der Waals surface area contributed by atoms with Gasteiger partial charge in [0.2, 0.25) is 0 Å². The van der Waals surface area contributed by atoms with Crippen LogP contribution in [0.3, 0.4) is 0 Å². The van der Waals surface area contributed by atoms with E-state index in [0.717, 1.165) is 16.0 Å². The average molecular weight is 193 g/mol. The number of rotatable bonds is 0. The molecule has 3 rings (SSSR count). The molecular formula is C6H3N5OS. The Balaban J connectivity index is 2.71. The van der Waals surface area contributed by atoms with E-state index in [4.69, 9.17) is 0 Å². The van der Waals surface area contributed by atoms with Crippen molar-refractivity contribution in [2.24, 2.45) is 0 Å². The first kappa shape index (κ1) is 6.72. The molecule has 3 aromatic heterocycles. The maximum atomic E-state index is 11.0. The predicted octanol–water partition coefficient (Wildman–Crippen LogP) is 0.0273. The quantitative estimate of drug-likeness (QED) is 0.546. The van der Waals surface area contributed by atoms with Crippen molar-refractivity contribution in [2.75, 3.05) is 0 Å². The van der Waals surface area contributed by atoms with Crippen LogP contribution in [0.15, 0.2) is 17.4 Å². The fraction of sp³-hybridized carbons (Fsp3) is 0. The van der Waals surface area contributed by atoms with E-state index < -0.39 is 0 Å². The summed E-state index contributed by atoms with van der Waals surface area (Å²) in [5, 5.41) is 3.91. The summed E-state index contributed by atoms with van der Waals surface area (Å²) < 4.78 is 2.27. The molecule has 0 unspecified atom stereocenters. The number of nitrogens with zero attached hydrogens (tertiary/aromatic N) is 4. The lowest BCUT2D eigenvalue weighted by Crippen LogP contribution is -1.92. The van der Waals surface area contributed by atoms with Crippen molar-refractivity contribution < 1.29 is 0 Å². The van der Waals surface area contributed by atoms with E-state index in [1.165, 1.54) is 17.2 Å². The molecule has 3 aromatic rings. The highest BCUT2D eigenvalue weighted by molar-refractivity contribution is 7.17. The fourth-order valence-electron chi connectivity index (χ4n) is 1.17. The van der Waals surface area contributed by atoms with E-state index in [1.54, 1.807) is 0 Å². The van der Waals surface area contributed by atoms with Gasteiger partial charge in [0.25, 0.3) is 0 Å². The predicted molar refractivity (Wildman–Crippen MR) is 46.8 cm³/mol. The number of nitrogens with one attached hydrogen (secondary N) is 1. The second-order valence-electron chi connectivity index (χ2n) is 2.47. The third-order valence-electron chi connectivity index (χ3n) is 1.70. The van der Waals surface area contributed by atoms with Crippen LogP contribution in [-0.4, -0.2) is 24.6 Å². The molecule has 0 radical (unpaired) electrons. The molecule has 0 amide bonds. The Morgan fingerprint density at radius 3 is 3.31 bits per heavy atom. The number of aromatic amines is 1. The summed E-state index contributed by atoms with van der Waals surface area (Å²) in [6, 6.07) is 0. The van der Waals surface area contributed by atoms with E-state index >= 15 is 0 Å². The Morgan fingerprint density at radius 1 is 1.46 bits per heavy atom. The standard InChI is InChI=1S/C6H3N5OS/c12-6-10-4-3(13-6)5-7-1-9-11(5)2-8-4/h1-2H,(H,10,12). The first-order valence-corrected chi connectivity index (χ1v) is 4.33. The van der Waals surface area contributed by atoms with Gasteiger partial charge in [-0.05, 0) is 0 Å².